The molecule has 0 amide bonds. The SMILES string of the molecule is C=C/C=C/C/C=C/CC/C=C/C=O. The molecule has 0 aliphatic rings. The zero-order chi connectivity index (χ0) is 9.78. The van der Waals surface area contributed by atoms with Crippen LogP contribution in [0.2, 0.25) is 0 Å². The van der Waals surface area contributed by atoms with E-state index in [1.165, 1.54) is 6.08 Å². The summed E-state index contributed by atoms with van der Waals surface area (Å²) in [7, 11) is 0. The highest BCUT2D eigenvalue weighted by Gasteiger charge is 1.75. The molecule has 0 fully saturated rings. The molecule has 0 aromatic carbocycles. The van der Waals surface area contributed by atoms with Gasteiger partial charge in [0.1, 0.15) is 6.29 Å². The molecule has 0 saturated carbocycles. The van der Waals surface area contributed by atoms with Crippen molar-refractivity contribution in [1.29, 1.82) is 0 Å². The summed E-state index contributed by atoms with van der Waals surface area (Å²) in [6, 6.07) is 0. The van der Waals surface area contributed by atoms with Crippen molar-refractivity contribution in [2.45, 2.75) is 19.3 Å². The highest BCUT2D eigenvalue weighted by atomic mass is 16.1. The molecule has 0 atom stereocenters. The van der Waals surface area contributed by atoms with Crippen LogP contribution in [0.25, 0.3) is 0 Å². The van der Waals surface area contributed by atoms with Gasteiger partial charge in [-0.1, -0.05) is 43.0 Å². The van der Waals surface area contributed by atoms with Gasteiger partial charge in [-0.3, -0.25) is 4.79 Å². The maximum absolute atomic E-state index is 9.89. The van der Waals surface area contributed by atoms with Crippen molar-refractivity contribution in [2.24, 2.45) is 0 Å². The molecule has 0 aliphatic heterocycles. The van der Waals surface area contributed by atoms with Gasteiger partial charge in [0, 0.05) is 0 Å². The van der Waals surface area contributed by atoms with E-state index in [1.807, 2.05) is 18.2 Å². The van der Waals surface area contributed by atoms with E-state index in [-0.39, 0.29) is 0 Å². The second-order valence-electron chi connectivity index (χ2n) is 2.51. The lowest BCUT2D eigenvalue weighted by atomic mass is 10.2. The fourth-order valence-corrected chi connectivity index (χ4v) is 0.812. The minimum absolute atomic E-state index is 0.802. The molecule has 0 unspecified atom stereocenters. The number of hydrogen-bond acceptors (Lipinski definition) is 1. The molecular formula is C12H16O. The van der Waals surface area contributed by atoms with Crippen molar-refractivity contribution < 1.29 is 4.79 Å². The summed E-state index contributed by atoms with van der Waals surface area (Å²) in [5.74, 6) is 0. The number of rotatable bonds is 7. The van der Waals surface area contributed by atoms with Gasteiger partial charge in [-0.2, -0.15) is 0 Å². The second-order valence-corrected chi connectivity index (χ2v) is 2.51. The molecule has 0 heterocycles. The van der Waals surface area contributed by atoms with Crippen molar-refractivity contribution in [2.75, 3.05) is 0 Å². The maximum Gasteiger partial charge on any atom is 0.142 e. The number of allylic oxidation sites excluding steroid dienone is 7. The smallest absolute Gasteiger partial charge is 0.142 e. The molecule has 0 aromatic heterocycles. The lowest BCUT2D eigenvalue weighted by molar-refractivity contribution is -0.104. The summed E-state index contributed by atoms with van der Waals surface area (Å²) < 4.78 is 0. The Morgan fingerprint density at radius 1 is 0.923 bits per heavy atom. The van der Waals surface area contributed by atoms with Crippen molar-refractivity contribution >= 4 is 6.29 Å². The fourth-order valence-electron chi connectivity index (χ4n) is 0.812. The predicted molar refractivity (Wildman–Crippen MR) is 57.5 cm³/mol. The fraction of sp³-hybridized carbons (Fsp3) is 0.250. The van der Waals surface area contributed by atoms with Gasteiger partial charge in [-0.05, 0) is 25.3 Å². The van der Waals surface area contributed by atoms with Crippen LogP contribution in [0.4, 0.5) is 0 Å². The van der Waals surface area contributed by atoms with Crippen LogP contribution in [0.3, 0.4) is 0 Å². The molecule has 70 valence electrons. The minimum atomic E-state index is 0.802. The van der Waals surface area contributed by atoms with Crippen LogP contribution in [0.15, 0.2) is 49.1 Å². The Morgan fingerprint density at radius 3 is 2.38 bits per heavy atom. The number of aldehydes is 1. The first-order chi connectivity index (χ1) is 6.41. The Bertz CT molecular complexity index is 209. The van der Waals surface area contributed by atoms with Crippen molar-refractivity contribution in [3.63, 3.8) is 0 Å². The summed E-state index contributed by atoms with van der Waals surface area (Å²) in [6.07, 6.45) is 17.0. The Kier molecular flexibility index (Phi) is 9.51. The van der Waals surface area contributed by atoms with E-state index in [0.717, 1.165) is 25.5 Å². The Hall–Kier alpha value is -1.37. The number of carbonyl (C=O) groups excluding carboxylic acids is 1. The third kappa shape index (κ3) is 10.6. The van der Waals surface area contributed by atoms with Crippen molar-refractivity contribution in [3.05, 3.63) is 49.1 Å². The molecule has 13 heavy (non-hydrogen) atoms. The first kappa shape index (κ1) is 11.6. The monoisotopic (exact) mass is 176 g/mol. The van der Waals surface area contributed by atoms with Gasteiger partial charge in [-0.15, -0.1) is 0 Å². The normalized spacial score (nSPS) is 11.7. The third-order valence-electron chi connectivity index (χ3n) is 1.43. The highest BCUT2D eigenvalue weighted by Crippen LogP contribution is 1.94. The molecule has 0 aliphatic carbocycles. The van der Waals surface area contributed by atoms with Crippen LogP contribution in [-0.2, 0) is 4.79 Å². The minimum Gasteiger partial charge on any atom is -0.299 e. The molecule has 0 saturated heterocycles. The average Bonchev–Trinajstić information content (AvgIpc) is 2.16. The van der Waals surface area contributed by atoms with E-state index in [2.05, 4.69) is 18.7 Å². The van der Waals surface area contributed by atoms with Crippen LogP contribution in [0.5, 0.6) is 0 Å². The van der Waals surface area contributed by atoms with Crippen LogP contribution in [-0.4, -0.2) is 6.29 Å². The molecule has 0 radical (unpaired) electrons. The first-order valence-corrected chi connectivity index (χ1v) is 4.44. The summed E-state index contributed by atoms with van der Waals surface area (Å²) in [5.41, 5.74) is 0. The molecule has 1 nitrogen and oxygen atoms in total. The molecule has 1 heteroatoms. The number of unbranched alkanes of at least 4 members (excludes halogenated alkanes) is 1. The summed E-state index contributed by atoms with van der Waals surface area (Å²) >= 11 is 0. The van der Waals surface area contributed by atoms with Crippen LogP contribution < -0.4 is 0 Å². The quantitative estimate of drug-likeness (QED) is 0.191. The van der Waals surface area contributed by atoms with Gasteiger partial charge in [0.25, 0.3) is 0 Å². The van der Waals surface area contributed by atoms with Gasteiger partial charge in [-0.25, -0.2) is 0 Å². The summed E-state index contributed by atoms with van der Waals surface area (Å²) in [4.78, 5) is 9.89. The lowest BCUT2D eigenvalue weighted by Crippen LogP contribution is -1.66. The van der Waals surface area contributed by atoms with E-state index in [0.29, 0.717) is 0 Å². The third-order valence-corrected chi connectivity index (χ3v) is 1.43. The predicted octanol–water partition coefficient (Wildman–Crippen LogP) is 3.21. The van der Waals surface area contributed by atoms with Crippen LogP contribution in [0, 0.1) is 0 Å². The van der Waals surface area contributed by atoms with Crippen LogP contribution >= 0.6 is 0 Å². The number of carbonyl (C=O) groups is 1. The maximum atomic E-state index is 9.89. The molecule has 0 aromatic rings. The van der Waals surface area contributed by atoms with Gasteiger partial charge in [0.05, 0.1) is 0 Å². The highest BCUT2D eigenvalue weighted by molar-refractivity contribution is 5.64. The first-order valence-electron chi connectivity index (χ1n) is 4.44. The number of hydrogen-bond donors (Lipinski definition) is 0. The standard InChI is InChI=1S/C12H16O/c1-2-3-4-5-6-7-8-9-10-11-12-13/h2-4,6-7,10-12H,1,5,8-9H2/b4-3+,7-6+,11-10+. The largest absolute Gasteiger partial charge is 0.299 e. The van der Waals surface area contributed by atoms with Gasteiger partial charge >= 0.3 is 0 Å². The molecule has 0 N–H and O–H groups in total. The van der Waals surface area contributed by atoms with Crippen LogP contribution in [0.1, 0.15) is 19.3 Å². The van der Waals surface area contributed by atoms with Gasteiger partial charge in [0.15, 0.2) is 0 Å². The molecule has 0 spiro atoms. The Labute approximate surface area is 80.2 Å². The van der Waals surface area contributed by atoms with Crippen molar-refractivity contribution in [1.82, 2.24) is 0 Å². The zero-order valence-electron chi connectivity index (χ0n) is 7.86. The Morgan fingerprint density at radius 2 is 1.69 bits per heavy atom. The summed E-state index contributed by atoms with van der Waals surface area (Å²) in [5, 5.41) is 0. The second kappa shape index (κ2) is 10.6. The van der Waals surface area contributed by atoms with E-state index >= 15 is 0 Å². The topological polar surface area (TPSA) is 17.1 Å². The Balaban J connectivity index is 3.31. The van der Waals surface area contributed by atoms with E-state index in [1.54, 1.807) is 6.08 Å². The van der Waals surface area contributed by atoms with E-state index in [9.17, 15) is 4.79 Å². The average molecular weight is 176 g/mol. The summed E-state index contributed by atoms with van der Waals surface area (Å²) in [6.45, 7) is 3.58. The van der Waals surface area contributed by atoms with Gasteiger partial charge < -0.3 is 0 Å². The molecular weight excluding hydrogens is 160 g/mol. The van der Waals surface area contributed by atoms with E-state index in [4.69, 9.17) is 0 Å². The molecule has 0 bridgehead atoms. The van der Waals surface area contributed by atoms with E-state index < -0.39 is 0 Å². The lowest BCUT2D eigenvalue weighted by Gasteiger charge is -1.84. The van der Waals surface area contributed by atoms with Crippen molar-refractivity contribution in [3.8, 4) is 0 Å². The van der Waals surface area contributed by atoms with Gasteiger partial charge in [0.2, 0.25) is 0 Å². The molecule has 0 rings (SSSR count). The zero-order valence-corrected chi connectivity index (χ0v) is 7.86.